The van der Waals surface area contributed by atoms with Crippen molar-refractivity contribution in [3.8, 4) is 0 Å². The molecule has 2 atom stereocenters. The summed E-state index contributed by atoms with van der Waals surface area (Å²) in [6.07, 6.45) is 5.99. The first-order valence-corrected chi connectivity index (χ1v) is 10.6. The maximum absolute atomic E-state index is 12.3. The van der Waals surface area contributed by atoms with E-state index in [1.165, 1.54) is 36.9 Å². The van der Waals surface area contributed by atoms with Crippen LogP contribution in [0.2, 0.25) is 0 Å². The predicted molar refractivity (Wildman–Crippen MR) is 111 cm³/mol. The maximum atomic E-state index is 12.3. The maximum Gasteiger partial charge on any atom is 0.252 e. The van der Waals surface area contributed by atoms with Gasteiger partial charge in [0.25, 0.3) is 5.91 Å². The molecule has 0 aromatic heterocycles. The van der Waals surface area contributed by atoms with Crippen molar-refractivity contribution < 1.29 is 9.53 Å². The average Bonchev–Trinajstić information content (AvgIpc) is 2.99. The summed E-state index contributed by atoms with van der Waals surface area (Å²) in [6, 6.07) is 6.81. The van der Waals surface area contributed by atoms with E-state index in [1.807, 2.05) is 4.90 Å². The number of fused-ring (bicyclic) bond motifs is 1. The number of ether oxygens (including phenoxy) is 1. The molecule has 1 amide bonds. The zero-order chi connectivity index (χ0) is 18.7. The summed E-state index contributed by atoms with van der Waals surface area (Å²) in [5, 5.41) is 4.54. The van der Waals surface area contributed by atoms with E-state index in [2.05, 4.69) is 56.0 Å². The van der Waals surface area contributed by atoms with Gasteiger partial charge in [0.1, 0.15) is 6.61 Å². The van der Waals surface area contributed by atoms with Gasteiger partial charge in [-0.15, -0.1) is 0 Å². The fourth-order valence-corrected chi connectivity index (χ4v) is 5.75. The van der Waals surface area contributed by atoms with Crippen LogP contribution >= 0.6 is 11.8 Å². The van der Waals surface area contributed by atoms with Crippen molar-refractivity contribution in [3.63, 3.8) is 0 Å². The summed E-state index contributed by atoms with van der Waals surface area (Å²) in [7, 11) is 1.57. The van der Waals surface area contributed by atoms with E-state index in [9.17, 15) is 4.79 Å². The van der Waals surface area contributed by atoms with E-state index >= 15 is 0 Å². The van der Waals surface area contributed by atoms with Crippen LogP contribution in [0.25, 0.3) is 0 Å². The normalized spacial score (nSPS) is 23.0. The first-order valence-electron chi connectivity index (χ1n) is 9.73. The number of rotatable bonds is 5. The van der Waals surface area contributed by atoms with Crippen molar-refractivity contribution in [1.82, 2.24) is 0 Å². The molecule has 0 bridgehead atoms. The highest BCUT2D eigenvalue weighted by Crippen LogP contribution is 2.39. The first-order chi connectivity index (χ1) is 12.4. The van der Waals surface area contributed by atoms with Gasteiger partial charge in [-0.2, -0.15) is 11.8 Å². The lowest BCUT2D eigenvalue weighted by Crippen LogP contribution is -2.32. The lowest BCUT2D eigenvalue weighted by Gasteiger charge is -2.34. The van der Waals surface area contributed by atoms with Crippen LogP contribution in [0.1, 0.15) is 52.0 Å². The Labute approximate surface area is 162 Å². The van der Waals surface area contributed by atoms with Crippen molar-refractivity contribution in [2.24, 2.45) is 0 Å². The number of hydrogen-bond acceptors (Lipinski definition) is 4. The molecule has 2 unspecified atom stereocenters. The molecular weight excluding hydrogens is 344 g/mol. The molecule has 1 fully saturated rings. The second-order valence-electron chi connectivity index (χ2n) is 8.39. The second kappa shape index (κ2) is 8.22. The fourth-order valence-electron chi connectivity index (χ4n) is 4.13. The molecule has 0 spiro atoms. The second-order valence-corrected chi connectivity index (χ2v) is 10.5. The number of carbonyl (C=O) groups is 1. The van der Waals surface area contributed by atoms with Crippen molar-refractivity contribution in [2.75, 3.05) is 30.5 Å². The van der Waals surface area contributed by atoms with Crippen LogP contribution in [-0.2, 0) is 16.0 Å². The van der Waals surface area contributed by atoms with Crippen LogP contribution in [0.15, 0.2) is 18.2 Å². The van der Waals surface area contributed by atoms with Crippen LogP contribution in [0.3, 0.4) is 0 Å². The molecule has 5 heteroatoms. The smallest absolute Gasteiger partial charge is 0.252 e. The molecule has 1 aromatic carbocycles. The SMILES string of the molecule is COCC(=O)N1CCc2c(NC3CCCC(SC(C)(C)C)C3)cccc21. The highest BCUT2D eigenvalue weighted by molar-refractivity contribution is 8.01. The Morgan fingerprint density at radius 3 is 2.88 bits per heavy atom. The lowest BCUT2D eigenvalue weighted by atomic mass is 9.94. The number of nitrogens with zero attached hydrogens (tertiary/aromatic N) is 1. The molecular formula is C21H32N2O2S. The van der Waals surface area contributed by atoms with Gasteiger partial charge < -0.3 is 15.0 Å². The van der Waals surface area contributed by atoms with Crippen molar-refractivity contribution in [3.05, 3.63) is 23.8 Å². The molecule has 1 heterocycles. The lowest BCUT2D eigenvalue weighted by molar-refractivity contribution is -0.122. The molecule has 144 valence electrons. The van der Waals surface area contributed by atoms with Crippen LogP contribution in [0.5, 0.6) is 0 Å². The number of thioether (sulfide) groups is 1. The molecule has 1 saturated carbocycles. The Morgan fingerprint density at radius 2 is 2.15 bits per heavy atom. The van der Waals surface area contributed by atoms with Crippen LogP contribution in [0.4, 0.5) is 11.4 Å². The number of benzene rings is 1. The number of nitrogens with one attached hydrogen (secondary N) is 1. The van der Waals surface area contributed by atoms with Gasteiger partial charge in [0.05, 0.1) is 0 Å². The summed E-state index contributed by atoms with van der Waals surface area (Å²) in [6.45, 7) is 7.83. The van der Waals surface area contributed by atoms with Gasteiger partial charge in [-0.05, 0) is 37.8 Å². The number of hydrogen-bond donors (Lipinski definition) is 1. The standard InChI is InChI=1S/C21H32N2O2S/c1-21(2,3)26-16-8-5-7-15(13-16)22-18-9-6-10-19-17(18)11-12-23(19)20(24)14-25-4/h6,9-10,15-16,22H,5,7-8,11-14H2,1-4H3. The largest absolute Gasteiger partial charge is 0.382 e. The van der Waals surface area contributed by atoms with E-state index in [-0.39, 0.29) is 12.5 Å². The summed E-state index contributed by atoms with van der Waals surface area (Å²) >= 11 is 2.12. The Balaban J connectivity index is 1.69. The minimum absolute atomic E-state index is 0.0442. The molecule has 4 nitrogen and oxygen atoms in total. The third-order valence-corrected chi connectivity index (χ3v) is 6.57. The zero-order valence-electron chi connectivity index (χ0n) is 16.5. The first kappa shape index (κ1) is 19.6. The van der Waals surface area contributed by atoms with Crippen LogP contribution in [-0.4, -0.2) is 42.2 Å². The van der Waals surface area contributed by atoms with Gasteiger partial charge >= 0.3 is 0 Å². The number of methoxy groups -OCH3 is 1. The predicted octanol–water partition coefficient (Wildman–Crippen LogP) is 4.48. The van der Waals surface area contributed by atoms with Crippen molar-refractivity contribution >= 4 is 29.0 Å². The molecule has 1 aliphatic heterocycles. The molecule has 2 aliphatic rings. The molecule has 0 saturated heterocycles. The number of carbonyl (C=O) groups excluding carboxylic acids is 1. The van der Waals surface area contributed by atoms with Crippen LogP contribution < -0.4 is 10.2 Å². The van der Waals surface area contributed by atoms with Gasteiger partial charge in [-0.25, -0.2) is 0 Å². The Kier molecular flexibility index (Phi) is 6.18. The quantitative estimate of drug-likeness (QED) is 0.823. The van der Waals surface area contributed by atoms with Crippen LogP contribution in [0, 0.1) is 0 Å². The van der Waals surface area contributed by atoms with Gasteiger partial charge in [0, 0.05) is 46.6 Å². The van der Waals surface area contributed by atoms with E-state index < -0.39 is 0 Å². The monoisotopic (exact) mass is 376 g/mol. The van der Waals surface area contributed by atoms with Gasteiger partial charge in [0.2, 0.25) is 0 Å². The fraction of sp³-hybridized carbons (Fsp3) is 0.667. The highest BCUT2D eigenvalue weighted by atomic mass is 32.2. The summed E-state index contributed by atoms with van der Waals surface area (Å²) in [5.41, 5.74) is 3.54. The third-order valence-electron chi connectivity index (χ3n) is 5.10. The summed E-state index contributed by atoms with van der Waals surface area (Å²) < 4.78 is 5.35. The Hall–Kier alpha value is -1.20. The van der Waals surface area contributed by atoms with Crippen molar-refractivity contribution in [1.29, 1.82) is 0 Å². The molecule has 1 N–H and O–H groups in total. The Morgan fingerprint density at radius 1 is 1.35 bits per heavy atom. The average molecular weight is 377 g/mol. The minimum atomic E-state index is 0.0442. The minimum Gasteiger partial charge on any atom is -0.382 e. The van der Waals surface area contributed by atoms with E-state index in [0.717, 1.165) is 23.9 Å². The number of amides is 1. The molecule has 1 aromatic rings. The van der Waals surface area contributed by atoms with Gasteiger partial charge in [-0.3, -0.25) is 4.79 Å². The molecule has 1 aliphatic carbocycles. The third kappa shape index (κ3) is 4.74. The number of anilines is 2. The van der Waals surface area contributed by atoms with Gasteiger partial charge in [-0.1, -0.05) is 33.3 Å². The van der Waals surface area contributed by atoms with E-state index in [0.29, 0.717) is 10.8 Å². The molecule has 26 heavy (non-hydrogen) atoms. The highest BCUT2D eigenvalue weighted by Gasteiger charge is 2.29. The van der Waals surface area contributed by atoms with Gasteiger partial charge in [0.15, 0.2) is 0 Å². The summed E-state index contributed by atoms with van der Waals surface area (Å²) in [4.78, 5) is 14.1. The topological polar surface area (TPSA) is 41.6 Å². The Bertz CT molecular complexity index is 641. The van der Waals surface area contributed by atoms with Crippen molar-refractivity contribution in [2.45, 2.75) is 68.9 Å². The summed E-state index contributed by atoms with van der Waals surface area (Å²) in [5.74, 6) is 0.0442. The van der Waals surface area contributed by atoms with E-state index in [1.54, 1.807) is 7.11 Å². The zero-order valence-corrected chi connectivity index (χ0v) is 17.3. The van der Waals surface area contributed by atoms with E-state index in [4.69, 9.17) is 4.74 Å². The molecule has 0 radical (unpaired) electrons. The molecule has 3 rings (SSSR count).